The van der Waals surface area contributed by atoms with Crippen LogP contribution in [0.15, 0.2) is 77.7 Å². The summed E-state index contributed by atoms with van der Waals surface area (Å²) in [7, 11) is 0. The molecule has 1 amide bonds. The SMILES string of the molecule is O=C(/C=C/c1ccccc1[N+](=O)[O-])Nc1ccc(=O)n(Cc2ccccc2Cl)c1. The molecule has 8 heteroatoms. The van der Waals surface area contributed by atoms with Crippen LogP contribution in [-0.4, -0.2) is 15.4 Å². The van der Waals surface area contributed by atoms with E-state index in [0.29, 0.717) is 16.3 Å². The number of benzene rings is 2. The van der Waals surface area contributed by atoms with E-state index in [0.717, 1.165) is 5.56 Å². The molecule has 0 radical (unpaired) electrons. The van der Waals surface area contributed by atoms with Gasteiger partial charge in [0.2, 0.25) is 5.91 Å². The normalized spacial score (nSPS) is 10.8. The van der Waals surface area contributed by atoms with Gasteiger partial charge in [0, 0.05) is 29.4 Å². The van der Waals surface area contributed by atoms with Crippen LogP contribution >= 0.6 is 11.6 Å². The second-order valence-electron chi connectivity index (χ2n) is 6.11. The molecule has 7 nitrogen and oxygen atoms in total. The van der Waals surface area contributed by atoms with Crippen LogP contribution in [-0.2, 0) is 11.3 Å². The molecule has 1 N–H and O–H groups in total. The standard InChI is InChI=1S/C21H16ClN3O4/c22-18-7-3-1-6-16(18)13-24-14-17(10-12-21(24)27)23-20(26)11-9-15-5-2-4-8-19(15)25(28)29/h1-12,14H,13H2,(H,23,26)/b11-9+. The van der Waals surface area contributed by atoms with Crippen molar-refractivity contribution < 1.29 is 9.72 Å². The van der Waals surface area contributed by atoms with Crippen molar-refractivity contribution in [3.05, 3.63) is 110 Å². The predicted octanol–water partition coefficient (Wildman–Crippen LogP) is 4.11. The highest BCUT2D eigenvalue weighted by Crippen LogP contribution is 2.19. The van der Waals surface area contributed by atoms with Gasteiger partial charge in [0.15, 0.2) is 0 Å². The molecule has 1 heterocycles. The molecule has 146 valence electrons. The van der Waals surface area contributed by atoms with Gasteiger partial charge in [0.05, 0.1) is 22.7 Å². The number of nitrogens with zero attached hydrogens (tertiary/aromatic N) is 2. The summed E-state index contributed by atoms with van der Waals surface area (Å²) in [6, 6.07) is 16.1. The van der Waals surface area contributed by atoms with Gasteiger partial charge >= 0.3 is 0 Å². The summed E-state index contributed by atoms with van der Waals surface area (Å²) in [5.74, 6) is -0.480. The van der Waals surface area contributed by atoms with Crippen LogP contribution in [0.25, 0.3) is 6.08 Å². The first-order valence-corrected chi connectivity index (χ1v) is 8.98. The first-order chi connectivity index (χ1) is 13.9. The summed E-state index contributed by atoms with van der Waals surface area (Å²) in [6.07, 6.45) is 4.08. The van der Waals surface area contributed by atoms with Gasteiger partial charge in [-0.3, -0.25) is 19.7 Å². The minimum Gasteiger partial charge on any atom is -0.321 e. The van der Waals surface area contributed by atoms with E-state index >= 15 is 0 Å². The number of hydrogen-bond acceptors (Lipinski definition) is 4. The molecule has 0 fully saturated rings. The van der Waals surface area contributed by atoms with Crippen molar-refractivity contribution in [1.82, 2.24) is 4.57 Å². The van der Waals surface area contributed by atoms with Crippen molar-refractivity contribution in [2.24, 2.45) is 0 Å². The van der Waals surface area contributed by atoms with Gasteiger partial charge in [-0.2, -0.15) is 0 Å². The molecular formula is C21H16ClN3O4. The Morgan fingerprint density at radius 1 is 1.10 bits per heavy atom. The Bertz CT molecular complexity index is 1150. The highest BCUT2D eigenvalue weighted by molar-refractivity contribution is 6.31. The summed E-state index contributed by atoms with van der Waals surface area (Å²) in [5.41, 5.74) is 1.17. The summed E-state index contributed by atoms with van der Waals surface area (Å²) in [6.45, 7) is 0.258. The topological polar surface area (TPSA) is 94.2 Å². The number of pyridine rings is 1. The van der Waals surface area contributed by atoms with Gasteiger partial charge < -0.3 is 9.88 Å². The van der Waals surface area contributed by atoms with Crippen LogP contribution in [0.3, 0.4) is 0 Å². The number of anilines is 1. The number of hydrogen-bond donors (Lipinski definition) is 1. The number of nitro groups is 1. The first-order valence-electron chi connectivity index (χ1n) is 8.60. The minimum atomic E-state index is -0.512. The van der Waals surface area contributed by atoms with Gasteiger partial charge in [-0.15, -0.1) is 0 Å². The van der Waals surface area contributed by atoms with Gasteiger partial charge in [-0.25, -0.2) is 0 Å². The molecular weight excluding hydrogens is 394 g/mol. The highest BCUT2D eigenvalue weighted by atomic mass is 35.5. The van der Waals surface area contributed by atoms with E-state index in [4.69, 9.17) is 11.6 Å². The summed E-state index contributed by atoms with van der Waals surface area (Å²) in [4.78, 5) is 34.8. The predicted molar refractivity (Wildman–Crippen MR) is 112 cm³/mol. The minimum absolute atomic E-state index is 0.0927. The lowest BCUT2D eigenvalue weighted by atomic mass is 10.1. The number of carbonyl (C=O) groups excluding carboxylic acids is 1. The number of halogens is 1. The van der Waals surface area contributed by atoms with Gasteiger partial charge in [0.25, 0.3) is 11.2 Å². The number of nitro benzene ring substituents is 1. The van der Waals surface area contributed by atoms with Gasteiger partial charge in [0.1, 0.15) is 0 Å². The second-order valence-corrected chi connectivity index (χ2v) is 6.52. The molecule has 2 aromatic carbocycles. The quantitative estimate of drug-likeness (QED) is 0.376. The molecule has 0 spiro atoms. The van der Waals surface area contributed by atoms with Crippen LogP contribution in [0.2, 0.25) is 5.02 Å². The maximum absolute atomic E-state index is 12.2. The van der Waals surface area contributed by atoms with Crippen LogP contribution in [0.5, 0.6) is 0 Å². The van der Waals surface area contributed by atoms with Gasteiger partial charge in [-0.1, -0.05) is 41.9 Å². The monoisotopic (exact) mass is 409 g/mol. The van der Waals surface area contributed by atoms with E-state index in [-0.39, 0.29) is 17.8 Å². The first kappa shape index (κ1) is 20.0. The molecule has 1 aromatic heterocycles. The number of aromatic nitrogens is 1. The van der Waals surface area contributed by atoms with Crippen molar-refractivity contribution in [3.63, 3.8) is 0 Å². The lowest BCUT2D eigenvalue weighted by Gasteiger charge is -2.10. The molecule has 0 saturated heterocycles. The van der Waals surface area contributed by atoms with Crippen molar-refractivity contribution in [3.8, 4) is 0 Å². The summed E-state index contributed by atoms with van der Waals surface area (Å²) < 4.78 is 1.43. The number of carbonyl (C=O) groups is 1. The molecule has 0 atom stereocenters. The lowest BCUT2D eigenvalue weighted by molar-refractivity contribution is -0.385. The van der Waals surface area contributed by atoms with E-state index in [1.807, 2.05) is 12.1 Å². The Kier molecular flexibility index (Phi) is 6.21. The number of nitrogens with one attached hydrogen (secondary N) is 1. The Morgan fingerprint density at radius 3 is 2.59 bits per heavy atom. The fraction of sp³-hybridized carbons (Fsp3) is 0.0476. The van der Waals surface area contributed by atoms with Crippen LogP contribution < -0.4 is 10.9 Å². The maximum Gasteiger partial charge on any atom is 0.276 e. The van der Waals surface area contributed by atoms with Crippen LogP contribution in [0.1, 0.15) is 11.1 Å². The molecule has 0 aliphatic rings. The summed E-state index contributed by atoms with van der Waals surface area (Å²) >= 11 is 6.14. The van der Waals surface area contributed by atoms with Crippen molar-refractivity contribution in [2.75, 3.05) is 5.32 Å². The van der Waals surface area contributed by atoms with E-state index < -0.39 is 10.8 Å². The molecule has 0 bridgehead atoms. The Hall–Kier alpha value is -3.71. The fourth-order valence-electron chi connectivity index (χ4n) is 2.68. The van der Waals surface area contributed by atoms with Crippen molar-refractivity contribution in [2.45, 2.75) is 6.54 Å². The zero-order chi connectivity index (χ0) is 20.8. The molecule has 0 saturated carbocycles. The third kappa shape index (κ3) is 5.18. The average molecular weight is 410 g/mol. The van der Waals surface area contributed by atoms with Crippen LogP contribution in [0, 0.1) is 10.1 Å². The largest absolute Gasteiger partial charge is 0.321 e. The Labute approximate surface area is 171 Å². The Morgan fingerprint density at radius 2 is 1.83 bits per heavy atom. The molecule has 3 rings (SSSR count). The molecule has 29 heavy (non-hydrogen) atoms. The van der Waals surface area contributed by atoms with Crippen molar-refractivity contribution in [1.29, 1.82) is 0 Å². The van der Waals surface area contributed by atoms with Crippen LogP contribution in [0.4, 0.5) is 11.4 Å². The molecule has 0 aliphatic heterocycles. The number of para-hydroxylation sites is 1. The van der Waals surface area contributed by atoms with E-state index in [1.54, 1.807) is 30.3 Å². The van der Waals surface area contributed by atoms with E-state index in [1.165, 1.54) is 41.1 Å². The molecule has 0 unspecified atom stereocenters. The molecule has 0 aliphatic carbocycles. The van der Waals surface area contributed by atoms with E-state index in [9.17, 15) is 19.7 Å². The van der Waals surface area contributed by atoms with Crippen molar-refractivity contribution >= 4 is 35.0 Å². The molecule has 3 aromatic rings. The third-order valence-electron chi connectivity index (χ3n) is 4.10. The zero-order valence-corrected chi connectivity index (χ0v) is 15.9. The Balaban J connectivity index is 1.75. The maximum atomic E-state index is 12.2. The fourth-order valence-corrected chi connectivity index (χ4v) is 2.88. The number of amides is 1. The van der Waals surface area contributed by atoms with E-state index in [2.05, 4.69) is 5.32 Å². The zero-order valence-electron chi connectivity index (χ0n) is 15.1. The smallest absolute Gasteiger partial charge is 0.276 e. The van der Waals surface area contributed by atoms with Gasteiger partial charge in [-0.05, 0) is 29.8 Å². The summed E-state index contributed by atoms with van der Waals surface area (Å²) in [5, 5.41) is 14.2. The third-order valence-corrected chi connectivity index (χ3v) is 4.47. The lowest BCUT2D eigenvalue weighted by Crippen LogP contribution is -2.20. The average Bonchev–Trinajstić information content (AvgIpc) is 2.70. The second kappa shape index (κ2) is 8.99. The number of rotatable bonds is 6. The highest BCUT2D eigenvalue weighted by Gasteiger charge is 2.10.